The Hall–Kier alpha value is -2.39. The molecule has 2 aromatic carbocycles. The van der Waals surface area contributed by atoms with Crippen LogP contribution in [0.15, 0.2) is 60.7 Å². The first-order chi connectivity index (χ1) is 15.1. The van der Waals surface area contributed by atoms with Gasteiger partial charge in [0.1, 0.15) is 0 Å². The van der Waals surface area contributed by atoms with Crippen LogP contribution in [0.5, 0.6) is 0 Å². The van der Waals surface area contributed by atoms with Crippen molar-refractivity contribution >= 4 is 17.2 Å². The lowest BCUT2D eigenvalue weighted by Crippen LogP contribution is -2.50. The van der Waals surface area contributed by atoms with Crippen molar-refractivity contribution in [2.75, 3.05) is 5.06 Å². The predicted octanol–water partition coefficient (Wildman–Crippen LogP) is 6.25. The molecular weight excluding hydrogens is 382 g/mol. The monoisotopic (exact) mass is 413 g/mol. The summed E-state index contributed by atoms with van der Waals surface area (Å²) in [6.45, 7) is 4.45. The van der Waals surface area contributed by atoms with Crippen molar-refractivity contribution in [1.29, 1.82) is 0 Å². The summed E-state index contributed by atoms with van der Waals surface area (Å²) >= 11 is 0. The molecule has 1 aliphatic heterocycles. The molecule has 6 rings (SSSR count). The molecule has 3 nitrogen and oxygen atoms in total. The van der Waals surface area contributed by atoms with E-state index >= 15 is 0 Å². The Morgan fingerprint density at radius 1 is 1.03 bits per heavy atom. The zero-order valence-corrected chi connectivity index (χ0v) is 18.5. The SMILES string of the molecule is CCCC(C)C1(ON2c3ccccc3Cc3ccccc32)CC2C3C=CC(C3)C2C1=O. The lowest BCUT2D eigenvalue weighted by atomic mass is 9.80. The minimum atomic E-state index is -0.744. The fraction of sp³-hybridized carbons (Fsp3) is 0.464. The summed E-state index contributed by atoms with van der Waals surface area (Å²) in [5.41, 5.74) is 3.93. The summed E-state index contributed by atoms with van der Waals surface area (Å²) in [6.07, 6.45) is 9.65. The number of para-hydroxylation sites is 2. The number of carbonyl (C=O) groups excluding carboxylic acids is 1. The number of fused-ring (bicyclic) bond motifs is 7. The molecule has 0 saturated heterocycles. The van der Waals surface area contributed by atoms with E-state index in [1.54, 1.807) is 0 Å². The normalized spacial score (nSPS) is 33.4. The topological polar surface area (TPSA) is 29.5 Å². The highest BCUT2D eigenvalue weighted by Gasteiger charge is 2.64. The predicted molar refractivity (Wildman–Crippen MR) is 123 cm³/mol. The minimum Gasteiger partial charge on any atom is -0.296 e. The largest absolute Gasteiger partial charge is 0.296 e. The molecule has 31 heavy (non-hydrogen) atoms. The molecule has 3 aliphatic carbocycles. The fourth-order valence-corrected chi connectivity index (χ4v) is 6.92. The number of nitrogens with zero attached hydrogens (tertiary/aromatic N) is 1. The van der Waals surface area contributed by atoms with Gasteiger partial charge in [0.25, 0.3) is 0 Å². The second kappa shape index (κ2) is 7.06. The zero-order chi connectivity index (χ0) is 21.2. The van der Waals surface area contributed by atoms with Gasteiger partial charge < -0.3 is 0 Å². The number of allylic oxidation sites excluding steroid dienone is 2. The van der Waals surface area contributed by atoms with E-state index in [9.17, 15) is 4.79 Å². The molecule has 1 heterocycles. The van der Waals surface area contributed by atoms with Gasteiger partial charge in [-0.3, -0.25) is 9.63 Å². The number of carbonyl (C=O) groups is 1. The lowest BCUT2D eigenvalue weighted by molar-refractivity contribution is -0.152. The van der Waals surface area contributed by atoms with E-state index < -0.39 is 5.60 Å². The van der Waals surface area contributed by atoms with Gasteiger partial charge in [-0.25, -0.2) is 5.06 Å². The summed E-state index contributed by atoms with van der Waals surface area (Å²) in [5, 5.41) is 2.01. The van der Waals surface area contributed by atoms with Crippen LogP contribution >= 0.6 is 0 Å². The molecule has 0 aromatic heterocycles. The highest BCUT2D eigenvalue weighted by molar-refractivity contribution is 5.94. The molecule has 2 saturated carbocycles. The van der Waals surface area contributed by atoms with Crippen LogP contribution in [-0.2, 0) is 16.1 Å². The van der Waals surface area contributed by atoms with Gasteiger partial charge in [-0.15, -0.1) is 0 Å². The van der Waals surface area contributed by atoms with Crippen molar-refractivity contribution in [3.63, 3.8) is 0 Å². The summed E-state index contributed by atoms with van der Waals surface area (Å²) in [4.78, 5) is 21.2. The van der Waals surface area contributed by atoms with E-state index in [0.29, 0.717) is 23.5 Å². The maximum Gasteiger partial charge on any atom is 0.171 e. The molecule has 0 spiro atoms. The average molecular weight is 414 g/mol. The molecule has 0 radical (unpaired) electrons. The first kappa shape index (κ1) is 19.3. The van der Waals surface area contributed by atoms with E-state index in [1.807, 2.05) is 5.06 Å². The average Bonchev–Trinajstić information content (AvgIpc) is 3.47. The van der Waals surface area contributed by atoms with Crippen molar-refractivity contribution in [3.8, 4) is 0 Å². The standard InChI is InChI=1S/C28H31NO2/c1-3-8-18(2)28(17-23-19-13-14-22(15-19)26(23)27(28)30)31-29-24-11-6-4-9-20(24)16-21-10-5-7-12-25(21)29/h4-7,9-14,18-19,22-23,26H,3,8,15-17H2,1-2H3. The first-order valence-corrected chi connectivity index (χ1v) is 12.0. The van der Waals surface area contributed by atoms with Crippen molar-refractivity contribution in [1.82, 2.24) is 0 Å². The Morgan fingerprint density at radius 3 is 2.32 bits per heavy atom. The van der Waals surface area contributed by atoms with E-state index in [2.05, 4.69) is 74.5 Å². The van der Waals surface area contributed by atoms with Crippen LogP contribution in [0.4, 0.5) is 11.4 Å². The molecule has 2 aromatic rings. The third-order valence-electron chi connectivity index (χ3n) is 8.45. The van der Waals surface area contributed by atoms with E-state index in [4.69, 9.17) is 4.84 Å². The van der Waals surface area contributed by atoms with Gasteiger partial charge in [0, 0.05) is 12.3 Å². The van der Waals surface area contributed by atoms with Crippen molar-refractivity contribution in [3.05, 3.63) is 71.8 Å². The molecule has 4 aliphatic rings. The maximum atomic E-state index is 14.1. The van der Waals surface area contributed by atoms with Gasteiger partial charge in [-0.05, 0) is 66.2 Å². The summed E-state index contributed by atoms with van der Waals surface area (Å²) < 4.78 is 0. The van der Waals surface area contributed by atoms with Crippen molar-refractivity contribution in [2.45, 2.75) is 51.6 Å². The number of benzene rings is 2. The molecule has 160 valence electrons. The second-order valence-corrected chi connectivity index (χ2v) is 10.1. The third kappa shape index (κ3) is 2.72. The first-order valence-electron chi connectivity index (χ1n) is 12.0. The Balaban J connectivity index is 1.44. The maximum absolute atomic E-state index is 14.1. The molecule has 2 fully saturated rings. The highest BCUT2D eigenvalue weighted by Crippen LogP contribution is 2.60. The van der Waals surface area contributed by atoms with Crippen LogP contribution in [-0.4, -0.2) is 11.4 Å². The van der Waals surface area contributed by atoms with Crippen LogP contribution in [0.25, 0.3) is 0 Å². The van der Waals surface area contributed by atoms with Crippen LogP contribution in [0.3, 0.4) is 0 Å². The molecule has 0 amide bonds. The van der Waals surface area contributed by atoms with Crippen LogP contribution in [0.1, 0.15) is 50.7 Å². The smallest absolute Gasteiger partial charge is 0.171 e. The third-order valence-corrected chi connectivity index (χ3v) is 8.45. The molecule has 0 N–H and O–H groups in total. The van der Waals surface area contributed by atoms with Gasteiger partial charge in [-0.1, -0.05) is 68.8 Å². The zero-order valence-electron chi connectivity index (χ0n) is 18.5. The van der Waals surface area contributed by atoms with Crippen LogP contribution < -0.4 is 5.06 Å². The molecule has 6 unspecified atom stereocenters. The number of rotatable bonds is 5. The Labute approximate surface area is 185 Å². The quantitative estimate of drug-likeness (QED) is 0.543. The van der Waals surface area contributed by atoms with E-state index in [0.717, 1.165) is 43.5 Å². The Kier molecular flexibility index (Phi) is 4.40. The molecule has 6 atom stereocenters. The summed E-state index contributed by atoms with van der Waals surface area (Å²) in [5.74, 6) is 2.11. The van der Waals surface area contributed by atoms with Gasteiger partial charge >= 0.3 is 0 Å². The Morgan fingerprint density at radius 2 is 1.68 bits per heavy atom. The fourth-order valence-electron chi connectivity index (χ4n) is 6.92. The minimum absolute atomic E-state index is 0.143. The van der Waals surface area contributed by atoms with Crippen LogP contribution in [0, 0.1) is 29.6 Å². The summed E-state index contributed by atoms with van der Waals surface area (Å²) in [6, 6.07) is 17.0. The number of hydrogen-bond acceptors (Lipinski definition) is 3. The van der Waals surface area contributed by atoms with Gasteiger partial charge in [-0.2, -0.15) is 0 Å². The van der Waals surface area contributed by atoms with E-state index in [1.165, 1.54) is 11.1 Å². The van der Waals surface area contributed by atoms with Gasteiger partial charge in [0.05, 0.1) is 11.4 Å². The van der Waals surface area contributed by atoms with Gasteiger partial charge in [0.15, 0.2) is 11.4 Å². The molecule has 3 heteroatoms. The molecular formula is C28H31NO2. The number of Topliss-reactive ketones (excluding diaryl/α,β-unsaturated/α-hetero) is 1. The summed E-state index contributed by atoms with van der Waals surface area (Å²) in [7, 11) is 0. The number of anilines is 2. The van der Waals surface area contributed by atoms with Crippen molar-refractivity contribution < 1.29 is 9.63 Å². The second-order valence-electron chi connectivity index (χ2n) is 10.1. The molecule has 2 bridgehead atoms. The highest BCUT2D eigenvalue weighted by atomic mass is 16.7. The van der Waals surface area contributed by atoms with Gasteiger partial charge in [0.2, 0.25) is 0 Å². The number of hydrogen-bond donors (Lipinski definition) is 0. The van der Waals surface area contributed by atoms with E-state index in [-0.39, 0.29) is 11.8 Å². The number of ketones is 1. The van der Waals surface area contributed by atoms with Crippen molar-refractivity contribution in [2.24, 2.45) is 29.6 Å². The Bertz CT molecular complexity index is 1010. The van der Waals surface area contributed by atoms with Crippen LogP contribution in [0.2, 0.25) is 0 Å². The lowest BCUT2D eigenvalue weighted by Gasteiger charge is -2.42.